The third-order valence-corrected chi connectivity index (χ3v) is 4.86. The molecule has 1 fully saturated rings. The summed E-state index contributed by atoms with van der Waals surface area (Å²) in [6.45, 7) is 12.0. The van der Waals surface area contributed by atoms with Gasteiger partial charge in [-0.1, -0.05) is 46.2 Å². The highest BCUT2D eigenvalue weighted by Crippen LogP contribution is 2.63. The van der Waals surface area contributed by atoms with Gasteiger partial charge in [0, 0.05) is 12.6 Å². The normalized spacial score (nSPS) is 20.1. The molecule has 0 unspecified atom stereocenters. The molecule has 1 aliphatic rings. The highest BCUT2D eigenvalue weighted by atomic mass is 35.5. The SMILES string of the molecule is CCCNc1ncc(Cl)c(NC2C(C)(C)C2(C)C)n1. The molecular formula is C14H23ClN4. The molecule has 0 spiro atoms. The highest BCUT2D eigenvalue weighted by Gasteiger charge is 2.65. The van der Waals surface area contributed by atoms with E-state index in [2.05, 4.69) is 55.2 Å². The van der Waals surface area contributed by atoms with Crippen LogP contribution in [-0.2, 0) is 0 Å². The van der Waals surface area contributed by atoms with E-state index in [0.717, 1.165) is 18.8 Å². The Morgan fingerprint density at radius 1 is 1.26 bits per heavy atom. The summed E-state index contributed by atoms with van der Waals surface area (Å²) < 4.78 is 0. The number of aromatic nitrogens is 2. The molecule has 2 rings (SSSR count). The van der Waals surface area contributed by atoms with Crippen molar-refractivity contribution < 1.29 is 0 Å². The summed E-state index contributed by atoms with van der Waals surface area (Å²) in [5.41, 5.74) is 0.497. The van der Waals surface area contributed by atoms with E-state index in [0.29, 0.717) is 17.0 Å². The molecule has 1 heterocycles. The Balaban J connectivity index is 2.12. The average Bonchev–Trinajstić information content (AvgIpc) is 2.72. The van der Waals surface area contributed by atoms with E-state index in [1.165, 1.54) is 0 Å². The number of hydrogen-bond acceptors (Lipinski definition) is 4. The first-order valence-corrected chi connectivity index (χ1v) is 7.21. The minimum atomic E-state index is 0.248. The molecule has 1 aromatic heterocycles. The maximum atomic E-state index is 6.17. The zero-order chi connectivity index (χ0) is 14.3. The summed E-state index contributed by atoms with van der Waals surface area (Å²) in [5.74, 6) is 1.35. The van der Waals surface area contributed by atoms with Gasteiger partial charge in [-0.25, -0.2) is 4.98 Å². The number of hydrogen-bond donors (Lipinski definition) is 2. The lowest BCUT2D eigenvalue weighted by atomic mass is 10.0. The second-order valence-electron chi connectivity index (χ2n) is 6.34. The molecule has 0 aromatic carbocycles. The third kappa shape index (κ3) is 2.50. The second-order valence-corrected chi connectivity index (χ2v) is 6.74. The Labute approximate surface area is 120 Å². The van der Waals surface area contributed by atoms with Gasteiger partial charge >= 0.3 is 0 Å². The Hall–Kier alpha value is -1.03. The van der Waals surface area contributed by atoms with Crippen LogP contribution >= 0.6 is 11.6 Å². The fourth-order valence-corrected chi connectivity index (χ4v) is 2.63. The Kier molecular flexibility index (Phi) is 3.65. The first-order valence-electron chi connectivity index (χ1n) is 6.83. The van der Waals surface area contributed by atoms with Gasteiger partial charge in [-0.2, -0.15) is 4.98 Å². The summed E-state index contributed by atoms with van der Waals surface area (Å²) in [7, 11) is 0. The van der Waals surface area contributed by atoms with E-state index in [4.69, 9.17) is 11.6 Å². The molecule has 0 bridgehead atoms. The number of nitrogens with one attached hydrogen (secondary N) is 2. The zero-order valence-corrected chi connectivity index (χ0v) is 13.1. The molecule has 0 saturated heterocycles. The van der Waals surface area contributed by atoms with Crippen LogP contribution in [0.1, 0.15) is 41.0 Å². The Morgan fingerprint density at radius 2 is 1.89 bits per heavy atom. The Bertz CT molecular complexity index is 457. The zero-order valence-electron chi connectivity index (χ0n) is 12.3. The quantitative estimate of drug-likeness (QED) is 0.862. The van der Waals surface area contributed by atoms with Crippen LogP contribution < -0.4 is 10.6 Å². The summed E-state index contributed by atoms with van der Waals surface area (Å²) in [4.78, 5) is 8.64. The maximum absolute atomic E-state index is 6.17. The molecular weight excluding hydrogens is 260 g/mol. The van der Waals surface area contributed by atoms with Gasteiger partial charge in [-0.05, 0) is 17.3 Å². The van der Waals surface area contributed by atoms with E-state index < -0.39 is 0 Å². The smallest absolute Gasteiger partial charge is 0.224 e. The van der Waals surface area contributed by atoms with Crippen LogP contribution in [0.4, 0.5) is 11.8 Å². The van der Waals surface area contributed by atoms with Crippen molar-refractivity contribution in [3.8, 4) is 0 Å². The van der Waals surface area contributed by atoms with Crippen molar-refractivity contribution in [1.29, 1.82) is 0 Å². The predicted octanol–water partition coefficient (Wildman–Crippen LogP) is 3.80. The number of anilines is 2. The van der Waals surface area contributed by atoms with E-state index in [9.17, 15) is 0 Å². The van der Waals surface area contributed by atoms with Crippen molar-refractivity contribution in [1.82, 2.24) is 9.97 Å². The standard InChI is InChI=1S/C14H23ClN4/c1-6-7-16-12-17-8-9(15)10(19-12)18-11-13(2,3)14(11,4)5/h8,11H,6-7H2,1-5H3,(H2,16,17,18,19). The van der Waals surface area contributed by atoms with Gasteiger partial charge in [0.1, 0.15) is 5.02 Å². The molecule has 1 saturated carbocycles. The lowest BCUT2D eigenvalue weighted by Gasteiger charge is -2.11. The summed E-state index contributed by atoms with van der Waals surface area (Å²) in [6.07, 6.45) is 2.69. The van der Waals surface area contributed by atoms with Gasteiger partial charge in [-0.15, -0.1) is 0 Å². The van der Waals surface area contributed by atoms with Gasteiger partial charge in [0.15, 0.2) is 5.82 Å². The number of halogens is 1. The van der Waals surface area contributed by atoms with Crippen molar-refractivity contribution in [3.05, 3.63) is 11.2 Å². The van der Waals surface area contributed by atoms with Crippen molar-refractivity contribution in [2.75, 3.05) is 17.2 Å². The minimum Gasteiger partial charge on any atom is -0.365 e. The van der Waals surface area contributed by atoms with Crippen LogP contribution in [0.25, 0.3) is 0 Å². The average molecular weight is 283 g/mol. The molecule has 19 heavy (non-hydrogen) atoms. The summed E-state index contributed by atoms with van der Waals surface area (Å²) in [6, 6.07) is 0.381. The largest absolute Gasteiger partial charge is 0.365 e. The Morgan fingerprint density at radius 3 is 2.42 bits per heavy atom. The van der Waals surface area contributed by atoms with Crippen LogP contribution in [0.2, 0.25) is 5.02 Å². The van der Waals surface area contributed by atoms with Gasteiger partial charge in [0.2, 0.25) is 5.95 Å². The van der Waals surface area contributed by atoms with E-state index in [1.807, 2.05) is 0 Å². The molecule has 106 valence electrons. The van der Waals surface area contributed by atoms with Crippen LogP contribution in [0.15, 0.2) is 6.20 Å². The van der Waals surface area contributed by atoms with E-state index in [-0.39, 0.29) is 10.8 Å². The molecule has 0 radical (unpaired) electrons. The fraction of sp³-hybridized carbons (Fsp3) is 0.714. The van der Waals surface area contributed by atoms with Crippen molar-refractivity contribution in [3.63, 3.8) is 0 Å². The number of rotatable bonds is 5. The van der Waals surface area contributed by atoms with Gasteiger partial charge in [0.05, 0.1) is 6.20 Å². The summed E-state index contributed by atoms with van der Waals surface area (Å²) >= 11 is 6.17. The van der Waals surface area contributed by atoms with Gasteiger partial charge in [0.25, 0.3) is 0 Å². The molecule has 2 N–H and O–H groups in total. The van der Waals surface area contributed by atoms with E-state index in [1.54, 1.807) is 6.20 Å². The van der Waals surface area contributed by atoms with Crippen molar-refractivity contribution in [2.45, 2.75) is 47.1 Å². The minimum absolute atomic E-state index is 0.248. The highest BCUT2D eigenvalue weighted by molar-refractivity contribution is 6.32. The monoisotopic (exact) mass is 282 g/mol. The second kappa shape index (κ2) is 4.82. The fourth-order valence-electron chi connectivity index (χ4n) is 2.48. The molecule has 1 aromatic rings. The van der Waals surface area contributed by atoms with Gasteiger partial charge in [-0.3, -0.25) is 0 Å². The molecule has 0 aliphatic heterocycles. The summed E-state index contributed by atoms with van der Waals surface area (Å²) in [5, 5.41) is 7.20. The van der Waals surface area contributed by atoms with Gasteiger partial charge < -0.3 is 10.6 Å². The first-order chi connectivity index (χ1) is 8.80. The first kappa shape index (κ1) is 14.4. The van der Waals surface area contributed by atoms with Crippen LogP contribution in [0.3, 0.4) is 0 Å². The maximum Gasteiger partial charge on any atom is 0.224 e. The lowest BCUT2D eigenvalue weighted by Crippen LogP contribution is -2.13. The predicted molar refractivity (Wildman–Crippen MR) is 80.8 cm³/mol. The molecule has 1 aliphatic carbocycles. The number of nitrogens with zero attached hydrogens (tertiary/aromatic N) is 2. The third-order valence-electron chi connectivity index (χ3n) is 4.58. The van der Waals surface area contributed by atoms with Crippen LogP contribution in [-0.4, -0.2) is 22.6 Å². The molecule has 0 amide bonds. The topological polar surface area (TPSA) is 49.8 Å². The van der Waals surface area contributed by atoms with Crippen LogP contribution in [0, 0.1) is 10.8 Å². The van der Waals surface area contributed by atoms with Crippen LogP contribution in [0.5, 0.6) is 0 Å². The lowest BCUT2D eigenvalue weighted by molar-refractivity contribution is 0.457. The van der Waals surface area contributed by atoms with Crippen molar-refractivity contribution in [2.24, 2.45) is 10.8 Å². The molecule has 4 nitrogen and oxygen atoms in total. The van der Waals surface area contributed by atoms with Crippen molar-refractivity contribution >= 4 is 23.4 Å². The molecule has 5 heteroatoms. The van der Waals surface area contributed by atoms with E-state index >= 15 is 0 Å². The molecule has 0 atom stereocenters.